The summed E-state index contributed by atoms with van der Waals surface area (Å²) in [6.07, 6.45) is 1.41. The zero-order chi connectivity index (χ0) is 9.84. The Bertz CT molecular complexity index is 312. The second-order valence-corrected chi connectivity index (χ2v) is 3.17. The Morgan fingerprint density at radius 3 is 2.85 bits per heavy atom. The van der Waals surface area contributed by atoms with Crippen LogP contribution in [0.2, 0.25) is 0 Å². The number of aldehydes is 1. The minimum absolute atomic E-state index is 0.0805. The predicted molar refractivity (Wildman–Crippen MR) is 49.7 cm³/mol. The number of anilines is 1. The van der Waals surface area contributed by atoms with Crippen LogP contribution in [0.25, 0.3) is 0 Å². The molecule has 0 aromatic heterocycles. The molecule has 0 aliphatic carbocycles. The lowest BCUT2D eigenvalue weighted by atomic mass is 10.0. The molecule has 0 heterocycles. The molecule has 0 aliphatic rings. The molecule has 0 bridgehead atoms. The largest absolute Gasteiger partial charge is 0.396 e. The molecule has 0 saturated heterocycles. The lowest BCUT2D eigenvalue weighted by molar-refractivity contribution is -0.110. The fourth-order valence-corrected chi connectivity index (χ4v) is 1.12. The second kappa shape index (κ2) is 4.03. The number of halogens is 1. The van der Waals surface area contributed by atoms with Gasteiger partial charge in [0.1, 0.15) is 12.1 Å². The summed E-state index contributed by atoms with van der Waals surface area (Å²) >= 11 is 0. The molecule has 0 aliphatic heterocycles. The zero-order valence-corrected chi connectivity index (χ0v) is 7.46. The van der Waals surface area contributed by atoms with Gasteiger partial charge < -0.3 is 10.5 Å². The van der Waals surface area contributed by atoms with Gasteiger partial charge in [-0.3, -0.25) is 0 Å². The van der Waals surface area contributed by atoms with Crippen LogP contribution in [0.15, 0.2) is 18.2 Å². The molecule has 1 atom stereocenters. The third-order valence-corrected chi connectivity index (χ3v) is 1.85. The topological polar surface area (TPSA) is 43.1 Å². The Morgan fingerprint density at radius 2 is 2.31 bits per heavy atom. The van der Waals surface area contributed by atoms with Crippen molar-refractivity contribution in [2.24, 2.45) is 5.92 Å². The maximum Gasteiger partial charge on any atom is 0.146 e. The molecular formula is C10H12FNO. The maximum atomic E-state index is 12.9. The smallest absolute Gasteiger partial charge is 0.146 e. The molecule has 2 N–H and O–H groups in total. The molecule has 0 radical (unpaired) electrons. The van der Waals surface area contributed by atoms with E-state index in [1.807, 2.05) is 0 Å². The van der Waals surface area contributed by atoms with Gasteiger partial charge in [0, 0.05) is 5.92 Å². The highest BCUT2D eigenvalue weighted by Crippen LogP contribution is 2.14. The Labute approximate surface area is 76.6 Å². The van der Waals surface area contributed by atoms with Gasteiger partial charge in [0.15, 0.2) is 0 Å². The van der Waals surface area contributed by atoms with E-state index >= 15 is 0 Å². The third-order valence-electron chi connectivity index (χ3n) is 1.85. The van der Waals surface area contributed by atoms with Crippen LogP contribution < -0.4 is 5.73 Å². The Morgan fingerprint density at radius 1 is 1.62 bits per heavy atom. The van der Waals surface area contributed by atoms with Crippen LogP contribution in [-0.4, -0.2) is 6.29 Å². The SMILES string of the molecule is CC(C=O)Cc1ccc(N)c(F)c1. The van der Waals surface area contributed by atoms with E-state index in [1.165, 1.54) is 12.1 Å². The van der Waals surface area contributed by atoms with E-state index in [9.17, 15) is 9.18 Å². The molecule has 0 fully saturated rings. The van der Waals surface area contributed by atoms with E-state index in [0.717, 1.165) is 11.8 Å². The molecule has 0 saturated carbocycles. The van der Waals surface area contributed by atoms with Gasteiger partial charge >= 0.3 is 0 Å². The van der Waals surface area contributed by atoms with Gasteiger partial charge in [0.25, 0.3) is 0 Å². The number of hydrogen-bond acceptors (Lipinski definition) is 2. The van der Waals surface area contributed by atoms with E-state index in [0.29, 0.717) is 6.42 Å². The molecule has 0 spiro atoms. The number of rotatable bonds is 3. The average Bonchev–Trinajstić information content (AvgIpc) is 2.11. The van der Waals surface area contributed by atoms with E-state index in [1.54, 1.807) is 13.0 Å². The second-order valence-electron chi connectivity index (χ2n) is 3.17. The molecule has 1 aromatic rings. The summed E-state index contributed by atoms with van der Waals surface area (Å²) in [5.41, 5.74) is 6.25. The quantitative estimate of drug-likeness (QED) is 0.570. The highest BCUT2D eigenvalue weighted by Gasteiger charge is 2.04. The van der Waals surface area contributed by atoms with E-state index in [2.05, 4.69) is 0 Å². The molecule has 1 rings (SSSR count). The first kappa shape index (κ1) is 9.71. The van der Waals surface area contributed by atoms with Crippen molar-refractivity contribution >= 4 is 12.0 Å². The first-order valence-corrected chi connectivity index (χ1v) is 4.12. The lowest BCUT2D eigenvalue weighted by Gasteiger charge is -2.04. The van der Waals surface area contributed by atoms with Gasteiger partial charge in [0.2, 0.25) is 0 Å². The third kappa shape index (κ3) is 2.54. The molecule has 1 aromatic carbocycles. The van der Waals surface area contributed by atoms with Gasteiger partial charge in [-0.2, -0.15) is 0 Å². The van der Waals surface area contributed by atoms with Crippen molar-refractivity contribution in [1.82, 2.24) is 0 Å². The van der Waals surface area contributed by atoms with Gasteiger partial charge in [-0.1, -0.05) is 13.0 Å². The van der Waals surface area contributed by atoms with Crippen molar-refractivity contribution in [3.05, 3.63) is 29.6 Å². The predicted octanol–water partition coefficient (Wildman–Crippen LogP) is 1.79. The van der Waals surface area contributed by atoms with Crippen molar-refractivity contribution in [2.75, 3.05) is 5.73 Å². The summed E-state index contributed by atoms with van der Waals surface area (Å²) in [6, 6.07) is 4.62. The Hall–Kier alpha value is -1.38. The molecule has 70 valence electrons. The fraction of sp³-hybridized carbons (Fsp3) is 0.300. The van der Waals surface area contributed by atoms with Crippen molar-refractivity contribution in [1.29, 1.82) is 0 Å². The van der Waals surface area contributed by atoms with Crippen LogP contribution in [0, 0.1) is 11.7 Å². The molecule has 3 heteroatoms. The summed E-state index contributed by atoms with van der Waals surface area (Å²) in [7, 11) is 0. The molecule has 0 amide bonds. The number of benzene rings is 1. The first-order chi connectivity index (χ1) is 6.13. The van der Waals surface area contributed by atoms with Gasteiger partial charge in [-0.25, -0.2) is 4.39 Å². The minimum atomic E-state index is -0.421. The van der Waals surface area contributed by atoms with Crippen LogP contribution in [0.5, 0.6) is 0 Å². The number of nitrogen functional groups attached to an aromatic ring is 1. The summed E-state index contributed by atoms with van der Waals surface area (Å²) in [5, 5.41) is 0. The lowest BCUT2D eigenvalue weighted by Crippen LogP contribution is -2.01. The number of hydrogen-bond donors (Lipinski definition) is 1. The molecule has 2 nitrogen and oxygen atoms in total. The average molecular weight is 181 g/mol. The molecule has 1 unspecified atom stereocenters. The van der Waals surface area contributed by atoms with Crippen LogP contribution in [0.3, 0.4) is 0 Å². The van der Waals surface area contributed by atoms with Gasteiger partial charge in [0.05, 0.1) is 5.69 Å². The van der Waals surface area contributed by atoms with Gasteiger partial charge in [-0.05, 0) is 24.1 Å². The van der Waals surface area contributed by atoms with E-state index in [4.69, 9.17) is 5.73 Å². The summed E-state index contributed by atoms with van der Waals surface area (Å²) in [4.78, 5) is 10.3. The van der Waals surface area contributed by atoms with Crippen molar-refractivity contribution in [3.63, 3.8) is 0 Å². The monoisotopic (exact) mass is 181 g/mol. The minimum Gasteiger partial charge on any atom is -0.396 e. The van der Waals surface area contributed by atoms with Crippen LogP contribution in [0.1, 0.15) is 12.5 Å². The highest BCUT2D eigenvalue weighted by molar-refractivity contribution is 5.54. The normalized spacial score (nSPS) is 12.5. The molecule has 13 heavy (non-hydrogen) atoms. The van der Waals surface area contributed by atoms with E-state index < -0.39 is 5.82 Å². The molecular weight excluding hydrogens is 169 g/mol. The zero-order valence-electron chi connectivity index (χ0n) is 7.46. The van der Waals surface area contributed by atoms with Crippen LogP contribution in [0.4, 0.5) is 10.1 Å². The van der Waals surface area contributed by atoms with Crippen molar-refractivity contribution in [2.45, 2.75) is 13.3 Å². The van der Waals surface area contributed by atoms with Crippen molar-refractivity contribution < 1.29 is 9.18 Å². The van der Waals surface area contributed by atoms with Crippen molar-refractivity contribution in [3.8, 4) is 0 Å². The summed E-state index contributed by atoms with van der Waals surface area (Å²) < 4.78 is 12.9. The number of nitrogens with two attached hydrogens (primary N) is 1. The van der Waals surface area contributed by atoms with Gasteiger partial charge in [-0.15, -0.1) is 0 Å². The van der Waals surface area contributed by atoms with E-state index in [-0.39, 0.29) is 11.6 Å². The maximum absolute atomic E-state index is 12.9. The summed E-state index contributed by atoms with van der Waals surface area (Å²) in [5.74, 6) is -0.501. The first-order valence-electron chi connectivity index (χ1n) is 4.12. The highest BCUT2D eigenvalue weighted by atomic mass is 19.1. The summed E-state index contributed by atoms with van der Waals surface area (Å²) in [6.45, 7) is 1.79. The van der Waals surface area contributed by atoms with Crippen LogP contribution >= 0.6 is 0 Å². The fourth-order valence-electron chi connectivity index (χ4n) is 1.12. The Kier molecular flexibility index (Phi) is 3.01. The Balaban J connectivity index is 2.79. The number of carbonyl (C=O) groups excluding carboxylic acids is 1. The number of carbonyl (C=O) groups is 1. The van der Waals surface area contributed by atoms with Crippen LogP contribution in [-0.2, 0) is 11.2 Å². The standard InChI is InChI=1S/C10H12FNO/c1-7(6-13)4-8-2-3-10(12)9(11)5-8/h2-3,5-7H,4,12H2,1H3.